The van der Waals surface area contributed by atoms with Gasteiger partial charge in [-0.05, 0) is 30.2 Å². The van der Waals surface area contributed by atoms with Crippen molar-refractivity contribution in [3.05, 3.63) is 64.9 Å². The topological polar surface area (TPSA) is 87.2 Å². The molecule has 0 radical (unpaired) electrons. The van der Waals surface area contributed by atoms with Crippen LogP contribution >= 0.6 is 11.6 Å². The van der Waals surface area contributed by atoms with Crippen molar-refractivity contribution in [2.75, 3.05) is 18.6 Å². The molecule has 1 N–H and O–H groups in total. The van der Waals surface area contributed by atoms with Gasteiger partial charge in [0.05, 0.1) is 19.8 Å². The average molecular weight is 539 g/mol. The summed E-state index contributed by atoms with van der Waals surface area (Å²) in [6.07, 6.45) is -3.18. The van der Waals surface area contributed by atoms with Gasteiger partial charge in [-0.25, -0.2) is 18.0 Å². The van der Waals surface area contributed by atoms with Gasteiger partial charge in [0, 0.05) is 42.0 Å². The lowest BCUT2D eigenvalue weighted by Crippen LogP contribution is -2.51. The third-order valence-corrected chi connectivity index (χ3v) is 7.07. The van der Waals surface area contributed by atoms with Crippen LogP contribution in [0, 0.1) is 11.7 Å². The summed E-state index contributed by atoms with van der Waals surface area (Å²) in [4.78, 5) is 42.2. The molecule has 0 aromatic heterocycles. The number of halogens is 4. The van der Waals surface area contributed by atoms with E-state index in [0.717, 1.165) is 29.0 Å². The van der Waals surface area contributed by atoms with Crippen LogP contribution in [-0.2, 0) is 14.3 Å². The summed E-state index contributed by atoms with van der Waals surface area (Å²) in [5, 5.41) is 10.4. The SMILES string of the molecule is COC(=O)N1C[C@@H](O)C[C@H]1C(=O)N(c1cccc(F)c1)[C@H](C(=O)CC1CC(F)(F)C1)c1ccccc1Cl. The number of alkyl halides is 2. The van der Waals surface area contributed by atoms with Crippen LogP contribution in [0.25, 0.3) is 0 Å². The number of amides is 2. The number of β-amino-alcohol motifs (C(OH)–C–C–N with tert-alkyl or cyclic N) is 1. The summed E-state index contributed by atoms with van der Waals surface area (Å²) in [6.45, 7) is -0.179. The third kappa shape index (κ3) is 5.75. The number of nitrogens with zero attached hydrogens (tertiary/aromatic N) is 2. The number of likely N-dealkylation sites (tertiary alicyclic amines) is 1. The van der Waals surface area contributed by atoms with Gasteiger partial charge in [-0.2, -0.15) is 0 Å². The first kappa shape index (κ1) is 26.9. The predicted octanol–water partition coefficient (Wildman–Crippen LogP) is 4.76. The maximum absolute atomic E-state index is 14.3. The van der Waals surface area contributed by atoms with E-state index in [-0.39, 0.29) is 35.7 Å². The fraction of sp³-hybridized carbons (Fsp3) is 0.423. The number of carbonyl (C=O) groups excluding carboxylic acids is 3. The molecule has 11 heteroatoms. The number of Topliss-reactive ketones (excluding diaryl/α,β-unsaturated/α-hetero) is 1. The number of anilines is 1. The molecule has 198 valence electrons. The highest BCUT2D eigenvalue weighted by Crippen LogP contribution is 2.46. The first-order chi connectivity index (χ1) is 17.5. The van der Waals surface area contributed by atoms with Gasteiger partial charge in [0.25, 0.3) is 5.91 Å². The van der Waals surface area contributed by atoms with Crippen LogP contribution in [0.2, 0.25) is 5.02 Å². The first-order valence-electron chi connectivity index (χ1n) is 11.8. The van der Waals surface area contributed by atoms with Crippen LogP contribution in [-0.4, -0.2) is 59.5 Å². The standard InChI is InChI=1S/C26H26ClF3N2O5/c1-37-25(36)31-14-18(33)11-21(31)24(35)32(17-6-4-5-16(28)10-17)23(19-7-2-3-8-20(19)27)22(34)9-15-12-26(29,30)13-15/h2-8,10,15,18,21,23,33H,9,11-14H2,1H3/t18-,21-,23-/m0/s1. The molecule has 4 rings (SSSR count). The summed E-state index contributed by atoms with van der Waals surface area (Å²) in [5.74, 6) is -5.45. The smallest absolute Gasteiger partial charge is 0.410 e. The van der Waals surface area contributed by atoms with Crippen molar-refractivity contribution in [3.63, 3.8) is 0 Å². The van der Waals surface area contributed by atoms with Gasteiger partial charge < -0.3 is 9.84 Å². The summed E-state index contributed by atoms with van der Waals surface area (Å²) < 4.78 is 46.1. The van der Waals surface area contributed by atoms with Crippen molar-refractivity contribution in [3.8, 4) is 0 Å². The Morgan fingerprint density at radius 2 is 1.89 bits per heavy atom. The molecule has 2 aromatic carbocycles. The average Bonchev–Trinajstić information content (AvgIpc) is 3.22. The Labute approximate surface area is 216 Å². The lowest BCUT2D eigenvalue weighted by molar-refractivity contribution is -0.135. The molecule has 0 unspecified atom stereocenters. The van der Waals surface area contributed by atoms with E-state index in [2.05, 4.69) is 0 Å². The Morgan fingerprint density at radius 1 is 1.19 bits per heavy atom. The molecule has 1 aliphatic heterocycles. The molecular formula is C26H26ClF3N2O5. The number of rotatable bonds is 7. The molecule has 1 aliphatic carbocycles. The fourth-order valence-electron chi connectivity index (χ4n) is 5.04. The molecule has 1 heterocycles. The van der Waals surface area contributed by atoms with E-state index in [1.165, 1.54) is 24.3 Å². The normalized spacial score (nSPS) is 21.7. The highest BCUT2D eigenvalue weighted by molar-refractivity contribution is 6.31. The molecule has 37 heavy (non-hydrogen) atoms. The van der Waals surface area contributed by atoms with Gasteiger partial charge in [0.2, 0.25) is 5.92 Å². The number of benzene rings is 2. The highest BCUT2D eigenvalue weighted by Gasteiger charge is 2.49. The van der Waals surface area contributed by atoms with Crippen LogP contribution in [0.15, 0.2) is 48.5 Å². The lowest BCUT2D eigenvalue weighted by atomic mass is 9.77. The molecule has 2 aliphatic rings. The van der Waals surface area contributed by atoms with Gasteiger partial charge in [0.15, 0.2) is 5.78 Å². The molecule has 1 saturated carbocycles. The number of hydrogen-bond donors (Lipinski definition) is 1. The minimum absolute atomic E-state index is 0.00779. The van der Waals surface area contributed by atoms with Gasteiger partial charge in [-0.1, -0.05) is 35.9 Å². The number of hydrogen-bond acceptors (Lipinski definition) is 5. The summed E-state index contributed by atoms with van der Waals surface area (Å²) in [5.41, 5.74) is 0.231. The maximum Gasteiger partial charge on any atom is 0.410 e. The second kappa shape index (κ2) is 10.7. The van der Waals surface area contributed by atoms with E-state index in [9.17, 15) is 32.7 Å². The number of aliphatic hydroxyl groups is 1. The third-order valence-electron chi connectivity index (χ3n) is 6.72. The molecular weight excluding hydrogens is 513 g/mol. The molecule has 2 amide bonds. The van der Waals surface area contributed by atoms with Crippen molar-refractivity contribution in [1.29, 1.82) is 0 Å². The van der Waals surface area contributed by atoms with Crippen molar-refractivity contribution in [1.82, 2.24) is 4.90 Å². The number of ether oxygens (including phenoxy) is 1. The van der Waals surface area contributed by atoms with E-state index >= 15 is 0 Å². The van der Waals surface area contributed by atoms with E-state index in [1.807, 2.05) is 0 Å². The molecule has 7 nitrogen and oxygen atoms in total. The Hall–Kier alpha value is -3.11. The summed E-state index contributed by atoms with van der Waals surface area (Å²) >= 11 is 6.44. The Kier molecular flexibility index (Phi) is 7.80. The zero-order valence-electron chi connectivity index (χ0n) is 20.0. The summed E-state index contributed by atoms with van der Waals surface area (Å²) in [7, 11) is 1.13. The van der Waals surface area contributed by atoms with Crippen LogP contribution in [0.5, 0.6) is 0 Å². The Balaban J connectivity index is 1.80. The number of carbonyl (C=O) groups is 3. The van der Waals surface area contributed by atoms with Crippen molar-refractivity contribution >= 4 is 35.1 Å². The largest absolute Gasteiger partial charge is 0.453 e. The van der Waals surface area contributed by atoms with E-state index < -0.39 is 66.5 Å². The fourth-order valence-corrected chi connectivity index (χ4v) is 5.27. The van der Waals surface area contributed by atoms with E-state index in [0.29, 0.717) is 0 Å². The Bertz CT molecular complexity index is 1190. The molecule has 2 aromatic rings. The van der Waals surface area contributed by atoms with Crippen LogP contribution in [0.1, 0.15) is 37.3 Å². The van der Waals surface area contributed by atoms with Gasteiger partial charge in [0.1, 0.15) is 17.9 Å². The second-order valence-electron chi connectivity index (χ2n) is 9.44. The molecule has 0 bridgehead atoms. The summed E-state index contributed by atoms with van der Waals surface area (Å²) in [6, 6.07) is 8.65. The second-order valence-corrected chi connectivity index (χ2v) is 9.85. The van der Waals surface area contributed by atoms with Crippen LogP contribution in [0.4, 0.5) is 23.7 Å². The monoisotopic (exact) mass is 538 g/mol. The first-order valence-corrected chi connectivity index (χ1v) is 12.1. The molecule has 0 spiro atoms. The van der Waals surface area contributed by atoms with Crippen molar-refractivity contribution < 1.29 is 37.4 Å². The van der Waals surface area contributed by atoms with Gasteiger partial charge >= 0.3 is 6.09 Å². The minimum Gasteiger partial charge on any atom is -0.453 e. The van der Waals surface area contributed by atoms with Gasteiger partial charge in [-0.3, -0.25) is 19.4 Å². The number of methoxy groups -OCH3 is 1. The van der Waals surface area contributed by atoms with E-state index in [4.69, 9.17) is 16.3 Å². The van der Waals surface area contributed by atoms with Crippen LogP contribution < -0.4 is 4.90 Å². The van der Waals surface area contributed by atoms with Crippen LogP contribution in [0.3, 0.4) is 0 Å². The quantitative estimate of drug-likeness (QED) is 0.549. The number of ketones is 1. The van der Waals surface area contributed by atoms with Crippen molar-refractivity contribution in [2.45, 2.75) is 49.8 Å². The van der Waals surface area contributed by atoms with E-state index in [1.54, 1.807) is 12.1 Å². The maximum atomic E-state index is 14.3. The van der Waals surface area contributed by atoms with Crippen molar-refractivity contribution in [2.24, 2.45) is 5.92 Å². The number of aliphatic hydroxyl groups excluding tert-OH is 1. The zero-order valence-corrected chi connectivity index (χ0v) is 20.7. The molecule has 3 atom stereocenters. The lowest BCUT2D eigenvalue weighted by Gasteiger charge is -2.38. The van der Waals surface area contributed by atoms with Gasteiger partial charge in [-0.15, -0.1) is 0 Å². The predicted molar refractivity (Wildman–Crippen MR) is 129 cm³/mol. The molecule has 2 fully saturated rings. The zero-order chi connectivity index (χ0) is 26.9. The highest BCUT2D eigenvalue weighted by atomic mass is 35.5. The Morgan fingerprint density at radius 3 is 2.51 bits per heavy atom. The molecule has 1 saturated heterocycles. The minimum atomic E-state index is -2.84.